The van der Waals surface area contributed by atoms with Crippen LogP contribution in [0.15, 0.2) is 185 Å². The van der Waals surface area contributed by atoms with E-state index in [4.69, 9.17) is 4.74 Å². The number of para-hydroxylation sites is 2. The summed E-state index contributed by atoms with van der Waals surface area (Å²) >= 11 is 0. The Morgan fingerprint density at radius 2 is 1.32 bits per heavy atom. The lowest BCUT2D eigenvalue weighted by atomic mass is 9.74. The lowest BCUT2D eigenvalue weighted by molar-refractivity contribution is 0.138. The zero-order chi connectivity index (χ0) is 55.3. The SMILES string of the molecule is CC(C)(C)C1C=CC(N2c3ccccc3C3=CC(N(C4=CC5OC6=C(C=C7C=CC(N(C8=CCC9C(C8)c8ccccc8N9C8C=CC(C(C)(C)C)CC8)C8CC=C(C#N)CC8)CC7C6)C5C=C4)C4CC=C(C#N)CC4)=CCC32)CC1. The number of fused-ring (bicyclic) bond motifs is 9. The van der Waals surface area contributed by atoms with Crippen LogP contribution in [0.3, 0.4) is 0 Å². The molecule has 81 heavy (non-hydrogen) atoms. The minimum absolute atomic E-state index is 0.0662. The molecule has 0 radical (unpaired) electrons. The zero-order valence-corrected chi connectivity index (χ0v) is 49.0. The summed E-state index contributed by atoms with van der Waals surface area (Å²) < 4.78 is 7.23. The largest absolute Gasteiger partial charge is 0.489 e. The summed E-state index contributed by atoms with van der Waals surface area (Å²) in [4.78, 5) is 11.0. The summed E-state index contributed by atoms with van der Waals surface area (Å²) in [5.74, 6) is 3.42. The van der Waals surface area contributed by atoms with Gasteiger partial charge in [0.25, 0.3) is 0 Å². The van der Waals surface area contributed by atoms with Gasteiger partial charge in [-0.1, -0.05) is 151 Å². The number of hydrogen-bond donors (Lipinski definition) is 0. The van der Waals surface area contributed by atoms with E-state index in [1.54, 1.807) is 0 Å². The topological polar surface area (TPSA) is 69.8 Å². The summed E-state index contributed by atoms with van der Waals surface area (Å²) in [5, 5.41) is 19.9. The second-order valence-corrected chi connectivity index (χ2v) is 28.1. The molecule has 7 heteroatoms. The van der Waals surface area contributed by atoms with Crippen LogP contribution in [0.2, 0.25) is 0 Å². The van der Waals surface area contributed by atoms with Gasteiger partial charge in [0.05, 0.1) is 18.2 Å². The molecule has 0 spiro atoms. The highest BCUT2D eigenvalue weighted by Gasteiger charge is 2.48. The lowest BCUT2D eigenvalue weighted by Gasteiger charge is -2.47. The molecule has 3 aliphatic heterocycles. The van der Waals surface area contributed by atoms with Crippen LogP contribution >= 0.6 is 0 Å². The van der Waals surface area contributed by atoms with Crippen molar-refractivity contribution < 1.29 is 4.74 Å². The molecule has 0 fully saturated rings. The van der Waals surface area contributed by atoms with Gasteiger partial charge in [0.1, 0.15) is 11.9 Å². The molecule has 0 bridgehead atoms. The zero-order valence-electron chi connectivity index (χ0n) is 49.0. The summed E-state index contributed by atoms with van der Waals surface area (Å²) in [6.07, 6.45) is 52.3. The van der Waals surface area contributed by atoms with E-state index in [0.29, 0.717) is 53.9 Å². The highest BCUT2D eigenvalue weighted by molar-refractivity contribution is 5.90. The van der Waals surface area contributed by atoms with Crippen molar-refractivity contribution in [1.82, 2.24) is 9.80 Å². The van der Waals surface area contributed by atoms with E-state index >= 15 is 0 Å². The van der Waals surface area contributed by atoms with Crippen molar-refractivity contribution in [2.75, 3.05) is 9.80 Å². The Hall–Kier alpha value is -6.70. The van der Waals surface area contributed by atoms with Crippen LogP contribution < -0.4 is 9.80 Å². The molecule has 0 amide bonds. The van der Waals surface area contributed by atoms with E-state index in [9.17, 15) is 10.5 Å². The van der Waals surface area contributed by atoms with Crippen molar-refractivity contribution in [3.8, 4) is 12.1 Å². The Labute approximate surface area is 484 Å². The van der Waals surface area contributed by atoms with E-state index < -0.39 is 0 Å². The van der Waals surface area contributed by atoms with Gasteiger partial charge in [-0.25, -0.2) is 0 Å². The first-order chi connectivity index (χ1) is 39.3. The average Bonchev–Trinajstić information content (AvgIpc) is 4.32. The first-order valence-corrected chi connectivity index (χ1v) is 31.5. The third kappa shape index (κ3) is 9.38. The van der Waals surface area contributed by atoms with Crippen molar-refractivity contribution in [3.63, 3.8) is 0 Å². The van der Waals surface area contributed by atoms with Crippen LogP contribution in [0.4, 0.5) is 11.4 Å². The van der Waals surface area contributed by atoms with Crippen LogP contribution in [-0.2, 0) is 4.74 Å². The number of ether oxygens (including phenoxy) is 1. The van der Waals surface area contributed by atoms with Crippen LogP contribution in [-0.4, -0.2) is 58.2 Å². The molecule has 0 saturated heterocycles. The maximum absolute atomic E-state index is 9.97. The quantitative estimate of drug-likeness (QED) is 0.244. The smallest absolute Gasteiger partial charge is 0.129 e. The van der Waals surface area contributed by atoms with Gasteiger partial charge < -0.3 is 24.3 Å². The molecular weight excluding hydrogens is 989 g/mol. The molecule has 2 aromatic carbocycles. The first-order valence-electron chi connectivity index (χ1n) is 31.5. The Kier molecular flexibility index (Phi) is 13.3. The highest BCUT2D eigenvalue weighted by atomic mass is 16.5. The normalized spacial score (nSPS) is 33.5. The Bertz CT molecular complexity index is 3350. The van der Waals surface area contributed by atoms with Gasteiger partial charge in [0.2, 0.25) is 0 Å². The summed E-state index contributed by atoms with van der Waals surface area (Å²) in [6, 6.07) is 25.9. The predicted molar refractivity (Wildman–Crippen MR) is 329 cm³/mol. The van der Waals surface area contributed by atoms with Crippen molar-refractivity contribution in [2.24, 2.45) is 34.5 Å². The number of benzene rings is 2. The van der Waals surface area contributed by atoms with Gasteiger partial charge >= 0.3 is 0 Å². The van der Waals surface area contributed by atoms with Crippen LogP contribution in [0.5, 0.6) is 0 Å². The molecule has 14 rings (SSSR count). The molecule has 13 unspecified atom stereocenters. The fourth-order valence-electron chi connectivity index (χ4n) is 17.2. The number of nitrogens with zero attached hydrogens (tertiary/aromatic N) is 6. The number of allylic oxidation sites excluding steroid dienone is 11. The molecule has 3 heterocycles. The summed E-state index contributed by atoms with van der Waals surface area (Å²) in [5.41, 5.74) is 16.4. The van der Waals surface area contributed by atoms with Crippen molar-refractivity contribution in [2.45, 2.75) is 192 Å². The fraction of sp³-hybridized carbons (Fsp3) is 0.486. The van der Waals surface area contributed by atoms with Gasteiger partial charge in [-0.15, -0.1) is 0 Å². The fourth-order valence-corrected chi connectivity index (χ4v) is 17.2. The second kappa shape index (κ2) is 20.6. The van der Waals surface area contributed by atoms with E-state index in [1.807, 2.05) is 0 Å². The number of hydrogen-bond acceptors (Lipinski definition) is 7. The highest BCUT2D eigenvalue weighted by Crippen LogP contribution is 2.54. The monoisotopic (exact) mass is 1070 g/mol. The molecule has 12 aliphatic rings. The minimum atomic E-state index is -0.0662. The van der Waals surface area contributed by atoms with E-state index in [0.717, 1.165) is 81.8 Å². The molecule has 0 N–H and O–H groups in total. The van der Waals surface area contributed by atoms with Crippen molar-refractivity contribution in [3.05, 3.63) is 196 Å². The molecule has 2 aromatic rings. The van der Waals surface area contributed by atoms with Gasteiger partial charge in [-0.2, -0.15) is 10.5 Å². The molecular formula is C74H84N6O. The predicted octanol–water partition coefficient (Wildman–Crippen LogP) is 16.6. The van der Waals surface area contributed by atoms with E-state index in [1.165, 1.54) is 87.8 Å². The van der Waals surface area contributed by atoms with Gasteiger partial charge in [-0.05, 0) is 166 Å². The molecule has 0 saturated carbocycles. The van der Waals surface area contributed by atoms with Crippen molar-refractivity contribution in [1.29, 1.82) is 10.5 Å². The van der Waals surface area contributed by atoms with Gasteiger partial charge in [-0.3, -0.25) is 0 Å². The third-order valence-electron chi connectivity index (χ3n) is 21.6. The molecule has 13 atom stereocenters. The molecule has 9 aliphatic carbocycles. The maximum Gasteiger partial charge on any atom is 0.129 e. The van der Waals surface area contributed by atoms with Crippen molar-refractivity contribution >= 4 is 16.9 Å². The van der Waals surface area contributed by atoms with Gasteiger partial charge in [0.15, 0.2) is 0 Å². The minimum Gasteiger partial charge on any atom is -0.489 e. The van der Waals surface area contributed by atoms with Crippen LogP contribution in [0.25, 0.3) is 5.57 Å². The summed E-state index contributed by atoms with van der Waals surface area (Å²) in [6.45, 7) is 14.3. The number of anilines is 2. The number of rotatable bonds is 8. The lowest BCUT2D eigenvalue weighted by Crippen LogP contribution is -2.48. The Morgan fingerprint density at radius 1 is 0.630 bits per heavy atom. The number of nitriles is 2. The molecule has 416 valence electrons. The molecule has 7 nitrogen and oxygen atoms in total. The molecule has 0 aromatic heterocycles. The standard InChI is InChI=1S/C74H84N6O/c1-73(2,3)51-20-29-55(30-21-51)79-67-13-9-7-11-61(67)64-42-58(34-37-69(64)79)77(53-24-15-47(45-75)16-25-53)57-28-19-49-40-66-63-36-33-60(44-72(63)81-71(66)41-50(49)39-57)78(54-26-17-48(46-76)18-27-54)59-35-38-70-65(43-59)62-12-8-10-14-68(62)80(70)56-31-22-52(23-32-56)74(4,5)6/h7-15,17,19-20,22,28-29,31,33-36,40,43-44,50-57,63-64,69-70,72H,16,18,21,23-27,30,32,37-39,41-42H2,1-6H3. The third-order valence-corrected chi connectivity index (χ3v) is 21.6. The van der Waals surface area contributed by atoms with E-state index in [-0.39, 0.29) is 34.9 Å². The van der Waals surface area contributed by atoms with Crippen LogP contribution in [0.1, 0.15) is 155 Å². The Morgan fingerprint density at radius 3 is 2.00 bits per heavy atom. The second-order valence-electron chi connectivity index (χ2n) is 28.1. The average molecular weight is 1070 g/mol. The van der Waals surface area contributed by atoms with E-state index in [2.05, 4.69) is 213 Å². The Balaban J connectivity index is 0.713. The first kappa shape index (κ1) is 52.4. The maximum atomic E-state index is 9.97. The van der Waals surface area contributed by atoms with Gasteiger partial charge in [0, 0.05) is 105 Å². The summed E-state index contributed by atoms with van der Waals surface area (Å²) in [7, 11) is 0. The van der Waals surface area contributed by atoms with Crippen LogP contribution in [0, 0.1) is 57.2 Å².